The molecule has 1 aromatic heterocycles. The SMILES string of the molecule is COc1ccc2nc(Sc3ccc(Cl)cc3)c(C=C3SC(=S)NC3=O)cc2c1. The summed E-state index contributed by atoms with van der Waals surface area (Å²) in [7, 11) is 1.63. The molecule has 4 nitrogen and oxygen atoms in total. The van der Waals surface area contributed by atoms with Crippen molar-refractivity contribution in [2.45, 2.75) is 9.92 Å². The number of carbonyl (C=O) groups is 1. The second kappa shape index (κ2) is 8.13. The first-order valence-electron chi connectivity index (χ1n) is 8.19. The summed E-state index contributed by atoms with van der Waals surface area (Å²) in [6, 6.07) is 15.3. The van der Waals surface area contributed by atoms with Gasteiger partial charge in [0.05, 0.1) is 17.5 Å². The first-order chi connectivity index (χ1) is 13.5. The van der Waals surface area contributed by atoms with Crippen molar-refractivity contribution < 1.29 is 9.53 Å². The minimum Gasteiger partial charge on any atom is -0.497 e. The van der Waals surface area contributed by atoms with Crippen molar-refractivity contribution in [2.24, 2.45) is 0 Å². The van der Waals surface area contributed by atoms with Crippen LogP contribution < -0.4 is 10.1 Å². The number of carbonyl (C=O) groups excluding carboxylic acids is 1. The lowest BCUT2D eigenvalue weighted by Crippen LogP contribution is -2.17. The van der Waals surface area contributed by atoms with Crippen LogP contribution in [0.5, 0.6) is 5.75 Å². The molecule has 0 radical (unpaired) electrons. The van der Waals surface area contributed by atoms with E-state index in [-0.39, 0.29) is 5.91 Å². The molecule has 0 spiro atoms. The molecule has 2 aromatic carbocycles. The summed E-state index contributed by atoms with van der Waals surface area (Å²) in [6.07, 6.45) is 1.82. The summed E-state index contributed by atoms with van der Waals surface area (Å²) >= 11 is 13.8. The van der Waals surface area contributed by atoms with E-state index in [0.717, 1.165) is 32.1 Å². The van der Waals surface area contributed by atoms with Gasteiger partial charge in [0.1, 0.15) is 15.1 Å². The van der Waals surface area contributed by atoms with Gasteiger partial charge in [-0.3, -0.25) is 4.79 Å². The molecule has 1 aliphatic heterocycles. The third-order valence-electron chi connectivity index (χ3n) is 3.97. The number of hydrogen-bond acceptors (Lipinski definition) is 6. The van der Waals surface area contributed by atoms with Crippen LogP contribution in [0.3, 0.4) is 0 Å². The lowest BCUT2D eigenvalue weighted by Gasteiger charge is -2.09. The molecular weight excluding hydrogens is 432 g/mol. The van der Waals surface area contributed by atoms with Gasteiger partial charge >= 0.3 is 0 Å². The second-order valence-corrected chi connectivity index (χ2v) is 9.07. The van der Waals surface area contributed by atoms with Crippen LogP contribution in [0.1, 0.15) is 5.56 Å². The minimum atomic E-state index is -0.191. The van der Waals surface area contributed by atoms with Gasteiger partial charge < -0.3 is 10.1 Å². The predicted molar refractivity (Wildman–Crippen MR) is 120 cm³/mol. The molecular formula is C20H13ClN2O2S3. The van der Waals surface area contributed by atoms with Crippen LogP contribution in [0.25, 0.3) is 17.0 Å². The molecule has 28 heavy (non-hydrogen) atoms. The molecule has 0 atom stereocenters. The van der Waals surface area contributed by atoms with Gasteiger partial charge in [-0.1, -0.05) is 47.3 Å². The van der Waals surface area contributed by atoms with Crippen LogP contribution in [-0.4, -0.2) is 22.3 Å². The molecule has 0 bridgehead atoms. The first-order valence-corrected chi connectivity index (χ1v) is 10.6. The summed E-state index contributed by atoms with van der Waals surface area (Å²) in [5.74, 6) is 0.559. The molecule has 4 rings (SSSR count). The Balaban J connectivity index is 1.83. The number of thioether (sulfide) groups is 1. The van der Waals surface area contributed by atoms with Gasteiger partial charge in [-0.15, -0.1) is 0 Å². The number of amides is 1. The molecule has 2 heterocycles. The summed E-state index contributed by atoms with van der Waals surface area (Å²) in [4.78, 5) is 18.5. The lowest BCUT2D eigenvalue weighted by molar-refractivity contribution is -0.115. The minimum absolute atomic E-state index is 0.191. The number of benzene rings is 2. The number of fused-ring (bicyclic) bond motifs is 1. The van der Waals surface area contributed by atoms with E-state index in [1.807, 2.05) is 54.6 Å². The summed E-state index contributed by atoms with van der Waals surface area (Å²) in [6.45, 7) is 0. The Morgan fingerprint density at radius 1 is 1.21 bits per heavy atom. The predicted octanol–water partition coefficient (Wildman–Crippen LogP) is 5.54. The monoisotopic (exact) mass is 444 g/mol. The Bertz CT molecular complexity index is 1130. The Morgan fingerprint density at radius 2 is 2.00 bits per heavy atom. The highest BCUT2D eigenvalue weighted by Crippen LogP contribution is 2.35. The van der Waals surface area contributed by atoms with E-state index in [0.29, 0.717) is 14.2 Å². The number of pyridine rings is 1. The summed E-state index contributed by atoms with van der Waals surface area (Å²) < 4.78 is 5.77. The third kappa shape index (κ3) is 4.17. The van der Waals surface area contributed by atoms with Crippen molar-refractivity contribution in [3.8, 4) is 5.75 Å². The van der Waals surface area contributed by atoms with Crippen LogP contribution >= 0.6 is 47.3 Å². The van der Waals surface area contributed by atoms with Gasteiger partial charge in [0.2, 0.25) is 0 Å². The fraction of sp³-hybridized carbons (Fsp3) is 0.0500. The number of ether oxygens (including phenoxy) is 1. The summed E-state index contributed by atoms with van der Waals surface area (Å²) in [5, 5.41) is 5.04. The van der Waals surface area contributed by atoms with Crippen molar-refractivity contribution in [2.75, 3.05) is 7.11 Å². The highest BCUT2D eigenvalue weighted by Gasteiger charge is 2.23. The number of methoxy groups -OCH3 is 1. The molecule has 8 heteroatoms. The van der Waals surface area contributed by atoms with Crippen molar-refractivity contribution in [1.29, 1.82) is 0 Å². The molecule has 1 fully saturated rings. The smallest absolute Gasteiger partial charge is 0.263 e. The van der Waals surface area contributed by atoms with Crippen molar-refractivity contribution in [3.63, 3.8) is 0 Å². The topological polar surface area (TPSA) is 51.2 Å². The maximum absolute atomic E-state index is 12.1. The molecule has 1 N–H and O–H groups in total. The second-order valence-electron chi connectivity index (χ2n) is 5.85. The van der Waals surface area contributed by atoms with Crippen LogP contribution in [0.2, 0.25) is 5.02 Å². The number of nitrogens with zero attached hydrogens (tertiary/aromatic N) is 1. The number of thiocarbonyl (C=S) groups is 1. The van der Waals surface area contributed by atoms with Gasteiger partial charge in [-0.2, -0.15) is 0 Å². The number of rotatable bonds is 4. The van der Waals surface area contributed by atoms with E-state index in [9.17, 15) is 4.79 Å². The highest BCUT2D eigenvalue weighted by atomic mass is 35.5. The van der Waals surface area contributed by atoms with Gasteiger partial charge in [0, 0.05) is 20.9 Å². The van der Waals surface area contributed by atoms with Gasteiger partial charge in [0.25, 0.3) is 5.91 Å². The number of aromatic nitrogens is 1. The van der Waals surface area contributed by atoms with Crippen molar-refractivity contribution in [1.82, 2.24) is 10.3 Å². The standard InChI is InChI=1S/C20H13ClN2O2S3/c1-25-14-4-7-16-11(9-14)8-12(10-17-18(24)23-20(26)28-17)19(22-16)27-15-5-2-13(21)3-6-15/h2-10H,1H3,(H,23,24,26). The Morgan fingerprint density at radius 3 is 2.68 bits per heavy atom. The van der Waals surface area contributed by atoms with E-state index < -0.39 is 0 Å². The van der Waals surface area contributed by atoms with Crippen LogP contribution in [0.15, 0.2) is 63.4 Å². The Kier molecular flexibility index (Phi) is 5.59. The maximum atomic E-state index is 12.1. The quantitative estimate of drug-likeness (QED) is 0.421. The van der Waals surface area contributed by atoms with Crippen molar-refractivity contribution >= 4 is 74.5 Å². The van der Waals surface area contributed by atoms with E-state index in [1.54, 1.807) is 7.11 Å². The lowest BCUT2D eigenvalue weighted by atomic mass is 10.1. The zero-order chi connectivity index (χ0) is 19.7. The number of hydrogen-bond donors (Lipinski definition) is 1. The fourth-order valence-electron chi connectivity index (χ4n) is 2.64. The Labute approximate surface area is 180 Å². The average Bonchev–Trinajstić information content (AvgIpc) is 3.00. The highest BCUT2D eigenvalue weighted by molar-refractivity contribution is 8.26. The Hall–Kier alpha value is -2.06. The first kappa shape index (κ1) is 19.3. The largest absolute Gasteiger partial charge is 0.497 e. The average molecular weight is 445 g/mol. The molecule has 0 saturated carbocycles. The van der Waals surface area contributed by atoms with E-state index >= 15 is 0 Å². The zero-order valence-electron chi connectivity index (χ0n) is 14.6. The molecule has 1 saturated heterocycles. The molecule has 1 aliphatic rings. The van der Waals surface area contributed by atoms with E-state index in [2.05, 4.69) is 5.32 Å². The van der Waals surface area contributed by atoms with Gasteiger partial charge in [0.15, 0.2) is 0 Å². The van der Waals surface area contributed by atoms with Crippen molar-refractivity contribution in [3.05, 3.63) is 64.0 Å². The normalized spacial score (nSPS) is 15.3. The number of halogens is 1. The van der Waals surface area contributed by atoms with Crippen LogP contribution in [0, 0.1) is 0 Å². The summed E-state index contributed by atoms with van der Waals surface area (Å²) in [5.41, 5.74) is 1.68. The zero-order valence-corrected chi connectivity index (χ0v) is 17.8. The van der Waals surface area contributed by atoms with Gasteiger partial charge in [-0.25, -0.2) is 4.98 Å². The van der Waals surface area contributed by atoms with E-state index in [1.165, 1.54) is 23.5 Å². The molecule has 140 valence electrons. The third-order valence-corrected chi connectivity index (χ3v) is 6.41. The number of nitrogens with one attached hydrogen (secondary N) is 1. The molecule has 0 aliphatic carbocycles. The van der Waals surface area contributed by atoms with Crippen LogP contribution in [-0.2, 0) is 4.79 Å². The molecule has 3 aromatic rings. The van der Waals surface area contributed by atoms with Gasteiger partial charge in [-0.05, 0) is 54.6 Å². The molecule has 0 unspecified atom stereocenters. The molecule has 1 amide bonds. The maximum Gasteiger partial charge on any atom is 0.263 e. The van der Waals surface area contributed by atoms with Crippen LogP contribution in [0.4, 0.5) is 0 Å². The fourth-order valence-corrected chi connectivity index (χ4v) is 4.68. The van der Waals surface area contributed by atoms with E-state index in [4.69, 9.17) is 33.5 Å².